The highest BCUT2D eigenvalue weighted by molar-refractivity contribution is 6.32. The highest BCUT2D eigenvalue weighted by Crippen LogP contribution is 2.19. The number of ketones is 1. The Balaban J connectivity index is 1.46. The first kappa shape index (κ1) is 26.2. The number of benzene rings is 3. The lowest BCUT2D eigenvalue weighted by Crippen LogP contribution is -2.08. The molecule has 0 spiro atoms. The Morgan fingerprint density at radius 2 is 1.40 bits per heavy atom. The van der Waals surface area contributed by atoms with Crippen LogP contribution in [0, 0.1) is 0 Å². The van der Waals surface area contributed by atoms with Crippen LogP contribution < -0.4 is 9.47 Å². The van der Waals surface area contributed by atoms with Gasteiger partial charge in [0.15, 0.2) is 5.78 Å². The number of unbranched alkanes of at least 4 members (excludes halogenated alkanes) is 5. The lowest BCUT2D eigenvalue weighted by molar-refractivity contribution is 0.0734. The second-order valence-corrected chi connectivity index (χ2v) is 8.68. The summed E-state index contributed by atoms with van der Waals surface area (Å²) in [4.78, 5) is 24.9. The van der Waals surface area contributed by atoms with E-state index in [2.05, 4.69) is 6.92 Å². The standard InChI is InChI=1S/C30H31ClO4/c1-2-3-4-5-6-9-22-34-26-17-14-25(15-18-26)30(33)35-27-19-12-24(13-20-27)29(32)21-16-23-10-7-8-11-28(23)31/h7-8,10-21H,2-6,9,22H2,1H3/b21-16+. The number of carbonyl (C=O) groups is 2. The number of ether oxygens (including phenoxy) is 2. The van der Waals surface area contributed by atoms with Crippen LogP contribution in [-0.4, -0.2) is 18.4 Å². The molecule has 0 radical (unpaired) electrons. The number of hydrogen-bond acceptors (Lipinski definition) is 4. The van der Waals surface area contributed by atoms with E-state index in [0.29, 0.717) is 28.5 Å². The summed E-state index contributed by atoms with van der Waals surface area (Å²) in [5.74, 6) is 0.470. The van der Waals surface area contributed by atoms with Crippen LogP contribution in [0.15, 0.2) is 78.9 Å². The van der Waals surface area contributed by atoms with Crippen LogP contribution in [-0.2, 0) is 0 Å². The molecule has 0 bridgehead atoms. The largest absolute Gasteiger partial charge is 0.494 e. The maximum Gasteiger partial charge on any atom is 0.343 e. The third-order valence-corrected chi connectivity index (χ3v) is 5.87. The van der Waals surface area contributed by atoms with Crippen LogP contribution in [0.5, 0.6) is 11.5 Å². The predicted octanol–water partition coefficient (Wildman–Crippen LogP) is 8.19. The van der Waals surface area contributed by atoms with Crippen molar-refractivity contribution in [2.75, 3.05) is 6.61 Å². The molecule has 0 aromatic heterocycles. The molecule has 3 aromatic rings. The molecule has 5 heteroatoms. The third-order valence-electron chi connectivity index (χ3n) is 5.53. The summed E-state index contributed by atoms with van der Waals surface area (Å²) in [5, 5.41) is 0.580. The molecule has 0 saturated heterocycles. The van der Waals surface area contributed by atoms with Gasteiger partial charge in [0.1, 0.15) is 11.5 Å². The van der Waals surface area contributed by atoms with Gasteiger partial charge in [0.05, 0.1) is 12.2 Å². The summed E-state index contributed by atoms with van der Waals surface area (Å²) in [7, 11) is 0. The van der Waals surface area contributed by atoms with Crippen LogP contribution in [0.25, 0.3) is 6.08 Å². The quantitative estimate of drug-likeness (QED) is 0.0796. The SMILES string of the molecule is CCCCCCCCOc1ccc(C(=O)Oc2ccc(C(=O)/C=C/c3ccccc3Cl)cc2)cc1. The lowest BCUT2D eigenvalue weighted by atomic mass is 10.1. The van der Waals surface area contributed by atoms with Crippen LogP contribution in [0.3, 0.4) is 0 Å². The number of carbonyl (C=O) groups excluding carboxylic acids is 2. The minimum Gasteiger partial charge on any atom is -0.494 e. The second-order valence-electron chi connectivity index (χ2n) is 8.27. The first-order valence-electron chi connectivity index (χ1n) is 12.1. The van der Waals surface area contributed by atoms with E-state index in [4.69, 9.17) is 21.1 Å². The van der Waals surface area contributed by atoms with Crippen LogP contribution in [0.4, 0.5) is 0 Å². The summed E-state index contributed by atoms with van der Waals surface area (Å²) >= 11 is 6.11. The molecule has 0 amide bonds. The van der Waals surface area contributed by atoms with E-state index in [0.717, 1.165) is 17.7 Å². The van der Waals surface area contributed by atoms with Crippen molar-refractivity contribution >= 4 is 29.4 Å². The molecule has 0 aliphatic rings. The number of hydrogen-bond donors (Lipinski definition) is 0. The highest BCUT2D eigenvalue weighted by atomic mass is 35.5. The molecule has 0 fully saturated rings. The zero-order valence-electron chi connectivity index (χ0n) is 20.0. The second kappa shape index (κ2) is 14.1. The van der Waals surface area contributed by atoms with Gasteiger partial charge in [0.2, 0.25) is 0 Å². The molecule has 3 rings (SSSR count). The summed E-state index contributed by atoms with van der Waals surface area (Å²) in [6.45, 7) is 2.89. The monoisotopic (exact) mass is 490 g/mol. The van der Waals surface area contributed by atoms with Crippen LogP contribution in [0.1, 0.15) is 71.7 Å². The number of rotatable bonds is 13. The summed E-state index contributed by atoms with van der Waals surface area (Å²) in [6, 6.07) is 20.7. The first-order valence-corrected chi connectivity index (χ1v) is 12.5. The van der Waals surface area contributed by atoms with E-state index in [1.807, 2.05) is 18.2 Å². The Morgan fingerprint density at radius 1 is 0.771 bits per heavy atom. The Hall–Kier alpha value is -3.37. The van der Waals surface area contributed by atoms with Crippen molar-refractivity contribution in [3.05, 3.63) is 101 Å². The normalized spacial score (nSPS) is 10.9. The van der Waals surface area contributed by atoms with Crippen molar-refractivity contribution in [2.45, 2.75) is 45.4 Å². The molecule has 4 nitrogen and oxygen atoms in total. The van der Waals surface area contributed by atoms with Gasteiger partial charge >= 0.3 is 5.97 Å². The van der Waals surface area contributed by atoms with Crippen molar-refractivity contribution in [1.82, 2.24) is 0 Å². The maximum atomic E-state index is 12.5. The number of halogens is 1. The van der Waals surface area contributed by atoms with Crippen molar-refractivity contribution < 1.29 is 19.1 Å². The van der Waals surface area contributed by atoms with Crippen molar-refractivity contribution in [1.29, 1.82) is 0 Å². The van der Waals surface area contributed by atoms with E-state index >= 15 is 0 Å². The van der Waals surface area contributed by atoms with Gasteiger partial charge in [-0.2, -0.15) is 0 Å². The summed E-state index contributed by atoms with van der Waals surface area (Å²) < 4.78 is 11.2. The molecule has 0 aliphatic heterocycles. The molecule has 182 valence electrons. The Bertz CT molecular complexity index is 1120. The van der Waals surface area contributed by atoms with Crippen molar-refractivity contribution in [2.24, 2.45) is 0 Å². The Kier molecular flexibility index (Phi) is 10.6. The number of allylic oxidation sites excluding steroid dienone is 1. The molecule has 0 saturated carbocycles. The molecule has 0 atom stereocenters. The fourth-order valence-electron chi connectivity index (χ4n) is 3.48. The van der Waals surface area contributed by atoms with Gasteiger partial charge in [-0.05, 0) is 78.7 Å². The van der Waals surface area contributed by atoms with E-state index < -0.39 is 5.97 Å². The van der Waals surface area contributed by atoms with E-state index in [-0.39, 0.29) is 5.78 Å². The Morgan fingerprint density at radius 3 is 2.11 bits per heavy atom. The molecule has 0 heterocycles. The molecule has 0 aliphatic carbocycles. The number of esters is 1. The van der Waals surface area contributed by atoms with Gasteiger partial charge in [-0.15, -0.1) is 0 Å². The van der Waals surface area contributed by atoms with Crippen LogP contribution in [0.2, 0.25) is 5.02 Å². The van der Waals surface area contributed by atoms with Crippen molar-refractivity contribution in [3.8, 4) is 11.5 Å². The smallest absolute Gasteiger partial charge is 0.343 e. The average molecular weight is 491 g/mol. The topological polar surface area (TPSA) is 52.6 Å². The van der Waals surface area contributed by atoms with E-state index in [1.165, 1.54) is 38.2 Å². The molecule has 3 aromatic carbocycles. The minimum atomic E-state index is -0.467. The Labute approximate surface area is 212 Å². The van der Waals surface area contributed by atoms with Gasteiger partial charge in [-0.25, -0.2) is 4.79 Å². The molecule has 35 heavy (non-hydrogen) atoms. The van der Waals surface area contributed by atoms with Gasteiger partial charge in [0, 0.05) is 10.6 Å². The molecule has 0 unspecified atom stereocenters. The fraction of sp³-hybridized carbons (Fsp3) is 0.267. The average Bonchev–Trinajstić information content (AvgIpc) is 2.88. The summed E-state index contributed by atoms with van der Waals surface area (Å²) in [6.07, 6.45) is 10.4. The first-order chi connectivity index (χ1) is 17.1. The van der Waals surface area contributed by atoms with E-state index in [9.17, 15) is 9.59 Å². The molecule has 0 N–H and O–H groups in total. The van der Waals surface area contributed by atoms with Gasteiger partial charge in [-0.1, -0.05) is 68.8 Å². The van der Waals surface area contributed by atoms with Gasteiger partial charge in [-0.3, -0.25) is 4.79 Å². The molecular weight excluding hydrogens is 460 g/mol. The van der Waals surface area contributed by atoms with Gasteiger partial charge in [0.25, 0.3) is 0 Å². The minimum absolute atomic E-state index is 0.167. The molecular formula is C30H31ClO4. The fourth-order valence-corrected chi connectivity index (χ4v) is 3.68. The van der Waals surface area contributed by atoms with Gasteiger partial charge < -0.3 is 9.47 Å². The summed E-state index contributed by atoms with van der Waals surface area (Å²) in [5.41, 5.74) is 1.69. The van der Waals surface area contributed by atoms with Crippen LogP contribution >= 0.6 is 11.6 Å². The third kappa shape index (κ3) is 8.73. The lowest BCUT2D eigenvalue weighted by Gasteiger charge is -2.08. The van der Waals surface area contributed by atoms with Crippen molar-refractivity contribution in [3.63, 3.8) is 0 Å². The zero-order chi connectivity index (χ0) is 24.9. The highest BCUT2D eigenvalue weighted by Gasteiger charge is 2.10. The zero-order valence-corrected chi connectivity index (χ0v) is 20.8. The maximum absolute atomic E-state index is 12.5. The van der Waals surface area contributed by atoms with E-state index in [1.54, 1.807) is 60.7 Å². The predicted molar refractivity (Wildman–Crippen MR) is 142 cm³/mol.